The summed E-state index contributed by atoms with van der Waals surface area (Å²) in [5.74, 6) is 0.561. The standard InChI is InChI=1S/C8H15NO2/c1-6(4-5-10)7-2-3-8(11)9-7/h6-7,10H,2-5H2,1H3,(H,9,11)/t6-,7+/m1/s1. The zero-order chi connectivity index (χ0) is 8.27. The third kappa shape index (κ3) is 2.19. The van der Waals surface area contributed by atoms with Gasteiger partial charge in [0.25, 0.3) is 0 Å². The van der Waals surface area contributed by atoms with E-state index in [-0.39, 0.29) is 12.5 Å². The largest absolute Gasteiger partial charge is 0.396 e. The van der Waals surface area contributed by atoms with Gasteiger partial charge in [-0.1, -0.05) is 6.92 Å². The zero-order valence-corrected chi connectivity index (χ0v) is 6.84. The molecule has 1 aliphatic heterocycles. The monoisotopic (exact) mass is 157 g/mol. The highest BCUT2D eigenvalue weighted by atomic mass is 16.3. The molecular weight excluding hydrogens is 142 g/mol. The van der Waals surface area contributed by atoms with E-state index in [9.17, 15) is 4.79 Å². The maximum absolute atomic E-state index is 10.8. The third-order valence-electron chi connectivity index (χ3n) is 2.30. The summed E-state index contributed by atoms with van der Waals surface area (Å²) in [4.78, 5) is 10.8. The summed E-state index contributed by atoms with van der Waals surface area (Å²) in [5, 5.41) is 11.5. The molecule has 0 aliphatic carbocycles. The summed E-state index contributed by atoms with van der Waals surface area (Å²) in [5.41, 5.74) is 0. The second-order valence-corrected chi connectivity index (χ2v) is 3.20. The molecule has 0 aromatic rings. The number of carbonyl (C=O) groups is 1. The fourth-order valence-electron chi connectivity index (χ4n) is 1.47. The van der Waals surface area contributed by atoms with Crippen LogP contribution in [0.2, 0.25) is 0 Å². The van der Waals surface area contributed by atoms with E-state index in [0.717, 1.165) is 12.8 Å². The molecule has 0 aromatic carbocycles. The van der Waals surface area contributed by atoms with Gasteiger partial charge in [-0.3, -0.25) is 4.79 Å². The first-order valence-electron chi connectivity index (χ1n) is 4.14. The van der Waals surface area contributed by atoms with Gasteiger partial charge in [-0.2, -0.15) is 0 Å². The third-order valence-corrected chi connectivity index (χ3v) is 2.30. The molecule has 1 saturated heterocycles. The Morgan fingerprint density at radius 3 is 3.00 bits per heavy atom. The van der Waals surface area contributed by atoms with Gasteiger partial charge in [0, 0.05) is 19.1 Å². The van der Waals surface area contributed by atoms with Crippen molar-refractivity contribution < 1.29 is 9.90 Å². The predicted molar refractivity (Wildman–Crippen MR) is 42.0 cm³/mol. The van der Waals surface area contributed by atoms with Crippen molar-refractivity contribution in [2.45, 2.75) is 32.2 Å². The summed E-state index contributed by atoms with van der Waals surface area (Å²) in [6.45, 7) is 2.28. The highest BCUT2D eigenvalue weighted by molar-refractivity contribution is 5.78. The van der Waals surface area contributed by atoms with E-state index < -0.39 is 0 Å². The Bertz CT molecular complexity index is 147. The van der Waals surface area contributed by atoms with Gasteiger partial charge >= 0.3 is 0 Å². The van der Waals surface area contributed by atoms with E-state index in [0.29, 0.717) is 18.4 Å². The normalized spacial score (nSPS) is 26.7. The number of aliphatic hydroxyl groups excluding tert-OH is 1. The molecule has 2 atom stereocenters. The first kappa shape index (κ1) is 8.53. The number of amides is 1. The summed E-state index contributed by atoms with van der Waals surface area (Å²) in [6.07, 6.45) is 2.37. The van der Waals surface area contributed by atoms with Crippen molar-refractivity contribution >= 4 is 5.91 Å². The fraction of sp³-hybridized carbons (Fsp3) is 0.875. The highest BCUT2D eigenvalue weighted by Gasteiger charge is 2.24. The van der Waals surface area contributed by atoms with Crippen molar-refractivity contribution in [1.82, 2.24) is 5.32 Å². The minimum atomic E-state index is 0.153. The van der Waals surface area contributed by atoms with Gasteiger partial charge in [-0.25, -0.2) is 0 Å². The van der Waals surface area contributed by atoms with E-state index in [2.05, 4.69) is 12.2 Å². The topological polar surface area (TPSA) is 49.3 Å². The van der Waals surface area contributed by atoms with Crippen LogP contribution >= 0.6 is 0 Å². The molecule has 0 radical (unpaired) electrons. The van der Waals surface area contributed by atoms with Crippen LogP contribution in [0.3, 0.4) is 0 Å². The molecule has 0 spiro atoms. The first-order chi connectivity index (χ1) is 5.24. The van der Waals surface area contributed by atoms with Gasteiger partial charge in [0.1, 0.15) is 0 Å². The number of aliphatic hydroxyl groups is 1. The second-order valence-electron chi connectivity index (χ2n) is 3.20. The average molecular weight is 157 g/mol. The minimum Gasteiger partial charge on any atom is -0.396 e. The van der Waals surface area contributed by atoms with E-state index >= 15 is 0 Å². The van der Waals surface area contributed by atoms with Crippen LogP contribution in [0.1, 0.15) is 26.2 Å². The van der Waals surface area contributed by atoms with Crippen molar-refractivity contribution in [3.05, 3.63) is 0 Å². The average Bonchev–Trinajstić information content (AvgIpc) is 2.36. The maximum atomic E-state index is 10.8. The van der Waals surface area contributed by atoms with Gasteiger partial charge in [0.2, 0.25) is 5.91 Å². The van der Waals surface area contributed by atoms with Gasteiger partial charge in [-0.15, -0.1) is 0 Å². The van der Waals surface area contributed by atoms with Crippen LogP contribution < -0.4 is 5.32 Å². The molecule has 0 bridgehead atoms. The lowest BCUT2D eigenvalue weighted by Crippen LogP contribution is -2.31. The van der Waals surface area contributed by atoms with E-state index in [1.54, 1.807) is 0 Å². The molecule has 1 heterocycles. The molecule has 0 saturated carbocycles. The number of hydrogen-bond donors (Lipinski definition) is 2. The number of carbonyl (C=O) groups excluding carboxylic acids is 1. The molecular formula is C8H15NO2. The lowest BCUT2D eigenvalue weighted by Gasteiger charge is -2.17. The lowest BCUT2D eigenvalue weighted by atomic mass is 9.98. The fourth-order valence-corrected chi connectivity index (χ4v) is 1.47. The van der Waals surface area contributed by atoms with Crippen molar-refractivity contribution in [2.75, 3.05) is 6.61 Å². The number of nitrogens with one attached hydrogen (secondary N) is 1. The molecule has 3 nitrogen and oxygen atoms in total. The van der Waals surface area contributed by atoms with Crippen molar-refractivity contribution in [1.29, 1.82) is 0 Å². The Morgan fingerprint density at radius 1 is 1.82 bits per heavy atom. The Balaban J connectivity index is 2.30. The molecule has 64 valence electrons. The summed E-state index contributed by atoms with van der Waals surface area (Å²) in [6, 6.07) is 0.301. The van der Waals surface area contributed by atoms with Gasteiger partial charge in [-0.05, 0) is 18.8 Å². The molecule has 1 fully saturated rings. The molecule has 11 heavy (non-hydrogen) atoms. The second kappa shape index (κ2) is 3.72. The summed E-state index contributed by atoms with van der Waals surface area (Å²) < 4.78 is 0. The Hall–Kier alpha value is -0.570. The van der Waals surface area contributed by atoms with E-state index in [4.69, 9.17) is 5.11 Å². The van der Waals surface area contributed by atoms with E-state index in [1.807, 2.05) is 0 Å². The van der Waals surface area contributed by atoms with Gasteiger partial charge in [0.05, 0.1) is 0 Å². The maximum Gasteiger partial charge on any atom is 0.220 e. The molecule has 3 heteroatoms. The van der Waals surface area contributed by atoms with Crippen LogP contribution in [0.15, 0.2) is 0 Å². The molecule has 0 unspecified atom stereocenters. The lowest BCUT2D eigenvalue weighted by molar-refractivity contribution is -0.119. The SMILES string of the molecule is C[C@H](CCO)[C@@H]1CCC(=O)N1. The van der Waals surface area contributed by atoms with Crippen molar-refractivity contribution in [2.24, 2.45) is 5.92 Å². The first-order valence-corrected chi connectivity index (χ1v) is 4.14. The molecule has 1 amide bonds. The van der Waals surface area contributed by atoms with Gasteiger partial charge in [0.15, 0.2) is 0 Å². The zero-order valence-electron chi connectivity index (χ0n) is 6.84. The van der Waals surface area contributed by atoms with Crippen molar-refractivity contribution in [3.63, 3.8) is 0 Å². The minimum absolute atomic E-state index is 0.153. The van der Waals surface area contributed by atoms with Crippen LogP contribution in [-0.2, 0) is 4.79 Å². The van der Waals surface area contributed by atoms with Crippen molar-refractivity contribution in [3.8, 4) is 0 Å². The smallest absolute Gasteiger partial charge is 0.220 e. The Labute approximate surface area is 66.8 Å². The Morgan fingerprint density at radius 2 is 2.55 bits per heavy atom. The molecule has 1 rings (SSSR count). The van der Waals surface area contributed by atoms with Crippen LogP contribution in [-0.4, -0.2) is 23.7 Å². The van der Waals surface area contributed by atoms with Crippen LogP contribution in [0.4, 0.5) is 0 Å². The molecule has 1 aliphatic rings. The predicted octanol–water partition coefficient (Wildman–Crippen LogP) is 0.283. The Kier molecular flexibility index (Phi) is 2.88. The quantitative estimate of drug-likeness (QED) is 0.618. The number of rotatable bonds is 3. The molecule has 2 N–H and O–H groups in total. The summed E-state index contributed by atoms with van der Waals surface area (Å²) >= 11 is 0. The highest BCUT2D eigenvalue weighted by Crippen LogP contribution is 2.17. The number of hydrogen-bond acceptors (Lipinski definition) is 2. The van der Waals surface area contributed by atoms with Crippen LogP contribution in [0, 0.1) is 5.92 Å². The van der Waals surface area contributed by atoms with Gasteiger partial charge < -0.3 is 10.4 Å². The van der Waals surface area contributed by atoms with Crippen LogP contribution in [0.5, 0.6) is 0 Å². The van der Waals surface area contributed by atoms with Crippen LogP contribution in [0.25, 0.3) is 0 Å². The van der Waals surface area contributed by atoms with E-state index in [1.165, 1.54) is 0 Å². The summed E-state index contributed by atoms with van der Waals surface area (Å²) in [7, 11) is 0. The molecule has 0 aromatic heterocycles.